The van der Waals surface area contributed by atoms with Gasteiger partial charge in [-0.25, -0.2) is 9.36 Å². The van der Waals surface area contributed by atoms with E-state index < -0.39 is 24.2 Å². The molecule has 2 aliphatic heterocycles. The van der Waals surface area contributed by atoms with Gasteiger partial charge in [-0.15, -0.1) is 0 Å². The average Bonchev–Trinajstić information content (AvgIpc) is 3.66. The van der Waals surface area contributed by atoms with Crippen LogP contribution in [0.2, 0.25) is 0 Å². The monoisotopic (exact) mass is 510 g/mol. The molecular formula is C25H21F3N6O3. The average molecular weight is 510 g/mol. The number of fused-ring (bicyclic) bond motifs is 2. The summed E-state index contributed by atoms with van der Waals surface area (Å²) in [7, 11) is 0. The summed E-state index contributed by atoms with van der Waals surface area (Å²) in [5.74, 6) is 0.581. The van der Waals surface area contributed by atoms with Crippen molar-refractivity contribution in [2.45, 2.75) is 31.2 Å². The summed E-state index contributed by atoms with van der Waals surface area (Å²) in [4.78, 5) is 12.8. The van der Waals surface area contributed by atoms with Crippen LogP contribution in [0.4, 0.5) is 19.0 Å². The van der Waals surface area contributed by atoms with Crippen LogP contribution in [-0.2, 0) is 6.54 Å². The lowest BCUT2D eigenvalue weighted by Gasteiger charge is -2.33. The number of aromatic nitrogens is 4. The molecular weight excluding hydrogens is 489 g/mol. The van der Waals surface area contributed by atoms with Gasteiger partial charge in [0.25, 0.3) is 5.91 Å². The van der Waals surface area contributed by atoms with Gasteiger partial charge in [-0.3, -0.25) is 4.79 Å². The summed E-state index contributed by atoms with van der Waals surface area (Å²) in [5.41, 5.74) is 2.21. The van der Waals surface area contributed by atoms with Gasteiger partial charge >= 0.3 is 6.18 Å². The number of ether oxygens (including phenoxy) is 2. The summed E-state index contributed by atoms with van der Waals surface area (Å²) in [5, 5.41) is 14.0. The van der Waals surface area contributed by atoms with E-state index in [0.29, 0.717) is 17.1 Å². The van der Waals surface area contributed by atoms with Gasteiger partial charge in [-0.2, -0.15) is 23.4 Å². The predicted octanol–water partition coefficient (Wildman–Crippen LogP) is 4.39. The van der Waals surface area contributed by atoms with Crippen LogP contribution in [0.3, 0.4) is 0 Å². The van der Waals surface area contributed by atoms with E-state index in [9.17, 15) is 18.0 Å². The van der Waals surface area contributed by atoms with E-state index in [2.05, 4.69) is 20.8 Å². The SMILES string of the molecule is O=C(NCc1ccc(-n2cccn2)cc1)c1cc2n(n1)C(C(F)(F)F)CC(c1ccc3c(c1)OCO3)N2. The third-order valence-corrected chi connectivity index (χ3v) is 6.38. The molecule has 2 unspecified atom stereocenters. The molecule has 2 atom stereocenters. The fourth-order valence-corrected chi connectivity index (χ4v) is 4.49. The zero-order valence-electron chi connectivity index (χ0n) is 19.3. The fourth-order valence-electron chi connectivity index (χ4n) is 4.49. The fraction of sp³-hybridized carbons (Fsp3) is 0.240. The molecule has 2 N–H and O–H groups in total. The normalized spacial score (nSPS) is 18.2. The van der Waals surface area contributed by atoms with Crippen LogP contribution < -0.4 is 20.1 Å². The number of carbonyl (C=O) groups excluding carboxylic acids is 1. The molecule has 2 aliphatic rings. The van der Waals surface area contributed by atoms with Crippen LogP contribution in [0.25, 0.3) is 5.69 Å². The van der Waals surface area contributed by atoms with Gasteiger partial charge in [0, 0.05) is 31.4 Å². The molecule has 0 bridgehead atoms. The van der Waals surface area contributed by atoms with Gasteiger partial charge in [0.15, 0.2) is 23.2 Å². The van der Waals surface area contributed by atoms with Gasteiger partial charge in [-0.05, 0) is 41.5 Å². The van der Waals surface area contributed by atoms with E-state index >= 15 is 0 Å². The zero-order valence-corrected chi connectivity index (χ0v) is 19.3. The number of hydrogen-bond donors (Lipinski definition) is 2. The Morgan fingerprint density at radius 1 is 1.11 bits per heavy atom. The summed E-state index contributed by atoms with van der Waals surface area (Å²) in [6, 6.07) is 13.1. The van der Waals surface area contributed by atoms with E-state index in [1.54, 1.807) is 29.1 Å². The Bertz CT molecular complexity index is 1430. The molecule has 1 amide bonds. The smallest absolute Gasteiger partial charge is 0.410 e. The molecule has 2 aromatic carbocycles. The molecule has 12 heteroatoms. The maximum absolute atomic E-state index is 14.0. The van der Waals surface area contributed by atoms with Crippen LogP contribution in [0.1, 0.15) is 40.1 Å². The summed E-state index contributed by atoms with van der Waals surface area (Å²) >= 11 is 0. The van der Waals surface area contributed by atoms with Crippen molar-refractivity contribution in [3.8, 4) is 17.2 Å². The molecule has 6 rings (SSSR count). The van der Waals surface area contributed by atoms with Gasteiger partial charge in [0.05, 0.1) is 11.7 Å². The molecule has 2 aromatic heterocycles. The van der Waals surface area contributed by atoms with E-state index in [0.717, 1.165) is 15.9 Å². The van der Waals surface area contributed by atoms with Crippen molar-refractivity contribution >= 4 is 11.7 Å². The first-order chi connectivity index (χ1) is 17.8. The van der Waals surface area contributed by atoms with E-state index in [4.69, 9.17) is 9.47 Å². The Balaban J connectivity index is 1.19. The Hall–Kier alpha value is -4.48. The highest BCUT2D eigenvalue weighted by molar-refractivity contribution is 5.93. The number of hydrogen-bond acceptors (Lipinski definition) is 6. The lowest BCUT2D eigenvalue weighted by Crippen LogP contribution is -2.35. The van der Waals surface area contributed by atoms with Crippen molar-refractivity contribution in [1.82, 2.24) is 24.9 Å². The van der Waals surface area contributed by atoms with E-state index in [-0.39, 0.29) is 31.3 Å². The predicted molar refractivity (Wildman–Crippen MR) is 126 cm³/mol. The Labute approximate surface area is 208 Å². The first kappa shape index (κ1) is 23.0. The van der Waals surface area contributed by atoms with Gasteiger partial charge in [0.2, 0.25) is 6.79 Å². The minimum absolute atomic E-state index is 0.0712. The second-order valence-electron chi connectivity index (χ2n) is 8.76. The van der Waals surface area contributed by atoms with Crippen LogP contribution in [0, 0.1) is 0 Å². The summed E-state index contributed by atoms with van der Waals surface area (Å²) in [6.07, 6.45) is -1.35. The zero-order chi connectivity index (χ0) is 25.6. The molecule has 0 spiro atoms. The van der Waals surface area contributed by atoms with Crippen LogP contribution in [0.15, 0.2) is 67.0 Å². The summed E-state index contributed by atoms with van der Waals surface area (Å²) in [6.45, 7) is 0.262. The second-order valence-corrected chi connectivity index (χ2v) is 8.76. The topological polar surface area (TPSA) is 95.2 Å². The van der Waals surface area contributed by atoms with Crippen molar-refractivity contribution in [3.05, 3.63) is 83.8 Å². The molecule has 0 fully saturated rings. The van der Waals surface area contributed by atoms with Crippen molar-refractivity contribution < 1.29 is 27.4 Å². The summed E-state index contributed by atoms with van der Waals surface area (Å²) < 4.78 is 55.2. The Kier molecular flexibility index (Phi) is 5.50. The number of benzene rings is 2. The molecule has 190 valence electrons. The Morgan fingerprint density at radius 3 is 2.68 bits per heavy atom. The number of anilines is 1. The van der Waals surface area contributed by atoms with Crippen molar-refractivity contribution in [2.75, 3.05) is 12.1 Å². The standard InChI is InChI=1S/C25H21F3N6O3/c26-25(27,28)22-11-18(16-4-7-20-21(10-16)37-14-36-20)31-23-12-19(32-34(22)23)24(35)29-13-15-2-5-17(6-3-15)33-9-1-8-30-33/h1-10,12,18,22,31H,11,13-14H2,(H,29,35). The van der Waals surface area contributed by atoms with Crippen LogP contribution >= 0.6 is 0 Å². The highest BCUT2D eigenvalue weighted by atomic mass is 19.4. The minimum atomic E-state index is -4.55. The third kappa shape index (κ3) is 4.46. The van der Waals surface area contributed by atoms with Gasteiger partial charge < -0.3 is 20.1 Å². The molecule has 0 aliphatic carbocycles. The minimum Gasteiger partial charge on any atom is -0.454 e. The highest BCUT2D eigenvalue weighted by Crippen LogP contribution is 2.45. The highest BCUT2D eigenvalue weighted by Gasteiger charge is 2.47. The first-order valence-electron chi connectivity index (χ1n) is 11.5. The molecule has 9 nitrogen and oxygen atoms in total. The quantitative estimate of drug-likeness (QED) is 0.414. The second kappa shape index (κ2) is 8.87. The van der Waals surface area contributed by atoms with Crippen molar-refractivity contribution in [3.63, 3.8) is 0 Å². The van der Waals surface area contributed by atoms with Crippen molar-refractivity contribution in [2.24, 2.45) is 0 Å². The maximum atomic E-state index is 14.0. The van der Waals surface area contributed by atoms with Gasteiger partial charge in [0.1, 0.15) is 5.82 Å². The maximum Gasteiger partial charge on any atom is 0.410 e. The molecule has 37 heavy (non-hydrogen) atoms. The number of rotatable bonds is 5. The number of amides is 1. The molecule has 0 saturated carbocycles. The first-order valence-corrected chi connectivity index (χ1v) is 11.5. The molecule has 0 radical (unpaired) electrons. The lowest BCUT2D eigenvalue weighted by atomic mass is 9.96. The van der Waals surface area contributed by atoms with E-state index in [1.165, 1.54) is 6.07 Å². The number of alkyl halides is 3. The Morgan fingerprint density at radius 2 is 1.92 bits per heavy atom. The van der Waals surface area contributed by atoms with Crippen molar-refractivity contribution in [1.29, 1.82) is 0 Å². The number of nitrogens with zero attached hydrogens (tertiary/aromatic N) is 4. The van der Waals surface area contributed by atoms with Crippen LogP contribution in [0.5, 0.6) is 11.5 Å². The number of nitrogens with one attached hydrogen (secondary N) is 2. The molecule has 0 saturated heterocycles. The molecule has 4 heterocycles. The van der Waals surface area contributed by atoms with Gasteiger partial charge in [-0.1, -0.05) is 18.2 Å². The third-order valence-electron chi connectivity index (χ3n) is 6.38. The van der Waals surface area contributed by atoms with Crippen LogP contribution in [-0.4, -0.2) is 38.4 Å². The largest absolute Gasteiger partial charge is 0.454 e. The number of carbonyl (C=O) groups is 1. The molecule has 4 aromatic rings. The lowest BCUT2D eigenvalue weighted by molar-refractivity contribution is -0.173. The van der Waals surface area contributed by atoms with E-state index in [1.807, 2.05) is 36.5 Å². The number of halogens is 3.